The van der Waals surface area contributed by atoms with Gasteiger partial charge >= 0.3 is 0 Å². The molecule has 9 heteroatoms. The van der Waals surface area contributed by atoms with Gasteiger partial charge in [-0.25, -0.2) is 0 Å². The van der Waals surface area contributed by atoms with Crippen LogP contribution in [0.25, 0.3) is 5.70 Å². The zero-order chi connectivity index (χ0) is 28.7. The van der Waals surface area contributed by atoms with E-state index >= 15 is 0 Å². The molecule has 0 bridgehead atoms. The molecule has 204 valence electrons. The van der Waals surface area contributed by atoms with Crippen molar-refractivity contribution in [2.75, 3.05) is 17.7 Å². The minimum Gasteiger partial charge on any atom is -0.497 e. The Labute approximate surface area is 234 Å². The zero-order valence-electron chi connectivity index (χ0n) is 22.4. The van der Waals surface area contributed by atoms with Crippen LogP contribution in [0.5, 0.6) is 5.75 Å². The Morgan fingerprint density at radius 1 is 0.750 bits per heavy atom. The first-order valence-corrected chi connectivity index (χ1v) is 13.9. The molecule has 0 spiro atoms. The van der Waals surface area contributed by atoms with E-state index in [4.69, 9.17) is 10.5 Å². The van der Waals surface area contributed by atoms with Crippen LogP contribution in [0, 0.1) is 13.8 Å². The summed E-state index contributed by atoms with van der Waals surface area (Å²) in [5.41, 5.74) is 10.1. The van der Waals surface area contributed by atoms with E-state index in [1.807, 2.05) is 44.2 Å². The Morgan fingerprint density at radius 3 is 1.88 bits per heavy atom. The van der Waals surface area contributed by atoms with Gasteiger partial charge in [0.05, 0.1) is 17.7 Å². The summed E-state index contributed by atoms with van der Waals surface area (Å²) in [5.74, 6) is -0.369. The Morgan fingerprint density at radius 2 is 1.30 bits per heavy atom. The molecular weight excluding hydrogens is 524 g/mol. The average molecular weight is 555 g/mol. The van der Waals surface area contributed by atoms with E-state index in [0.717, 1.165) is 11.1 Å². The molecule has 40 heavy (non-hydrogen) atoms. The summed E-state index contributed by atoms with van der Waals surface area (Å²) in [7, 11) is -2.80. The maximum atomic E-state index is 13.8. The normalized spacial score (nSPS) is 12.3. The number of ether oxygens (including phenoxy) is 1. The molecule has 8 nitrogen and oxygen atoms in total. The van der Waals surface area contributed by atoms with Gasteiger partial charge in [-0.2, -0.15) is 8.42 Å². The van der Waals surface area contributed by atoms with Crippen LogP contribution in [0.1, 0.15) is 16.7 Å². The Kier molecular flexibility index (Phi) is 8.66. The van der Waals surface area contributed by atoms with E-state index in [9.17, 15) is 13.2 Å². The standard InChI is InChI=1S/C31H30N4O4S/c1-21-9-13-23(14-10-21)29(32)28(31(36)34-25-15-11-22(2)12-16-25)30(33-24-7-5-4-6-8-24)35-40(37,38)27-19-17-26(39-3)18-20-27/h4-20H,32H2,1-3H3,(H,33,35)(H,34,36)/b29-28-. The predicted octanol–water partition coefficient (Wildman–Crippen LogP) is 5.52. The molecule has 4 aromatic rings. The highest BCUT2D eigenvalue weighted by Gasteiger charge is 2.25. The average Bonchev–Trinajstić information content (AvgIpc) is 2.95. The molecule has 4 N–H and O–H groups in total. The topological polar surface area (TPSA) is 123 Å². The summed E-state index contributed by atoms with van der Waals surface area (Å²) in [4.78, 5) is 13.8. The van der Waals surface area contributed by atoms with Crippen molar-refractivity contribution in [2.24, 2.45) is 10.1 Å². The third kappa shape index (κ3) is 6.95. The first-order valence-electron chi connectivity index (χ1n) is 12.4. The molecule has 0 unspecified atom stereocenters. The lowest BCUT2D eigenvalue weighted by Crippen LogP contribution is -2.29. The first-order chi connectivity index (χ1) is 19.2. The molecule has 0 aliphatic carbocycles. The lowest BCUT2D eigenvalue weighted by Gasteiger charge is -2.17. The van der Waals surface area contributed by atoms with Gasteiger partial charge in [0.2, 0.25) is 0 Å². The van der Waals surface area contributed by atoms with Crippen LogP contribution in [0.3, 0.4) is 0 Å². The third-order valence-corrected chi connectivity index (χ3v) is 7.30. The maximum Gasteiger partial charge on any atom is 0.284 e. The van der Waals surface area contributed by atoms with Gasteiger partial charge in [0, 0.05) is 11.4 Å². The van der Waals surface area contributed by atoms with E-state index in [0.29, 0.717) is 22.7 Å². The number of hydrogen-bond acceptors (Lipinski definition) is 5. The maximum absolute atomic E-state index is 13.8. The van der Waals surface area contributed by atoms with Crippen molar-refractivity contribution >= 4 is 38.8 Å². The molecule has 0 atom stereocenters. The summed E-state index contributed by atoms with van der Waals surface area (Å²) in [6.45, 7) is 3.87. The number of methoxy groups -OCH3 is 1. The summed E-state index contributed by atoms with van der Waals surface area (Å²) in [6.07, 6.45) is 0. The SMILES string of the molecule is COc1ccc(S(=O)(=O)/N=C(Nc2ccccc2)/C(C(=O)Nc2ccc(C)cc2)=C(/N)c2ccc(C)cc2)cc1. The number of hydrogen-bond donors (Lipinski definition) is 3. The summed E-state index contributed by atoms with van der Waals surface area (Å²) in [6, 6.07) is 29.1. The fourth-order valence-corrected chi connectivity index (χ4v) is 4.74. The second kappa shape index (κ2) is 12.3. The van der Waals surface area contributed by atoms with Crippen LogP contribution in [0.2, 0.25) is 0 Å². The second-order valence-corrected chi connectivity index (χ2v) is 10.7. The molecule has 1 amide bonds. The Bertz CT molecular complexity index is 1650. The van der Waals surface area contributed by atoms with Crippen molar-refractivity contribution in [3.63, 3.8) is 0 Å². The molecule has 0 fully saturated rings. The molecule has 0 radical (unpaired) electrons. The van der Waals surface area contributed by atoms with Crippen molar-refractivity contribution in [1.29, 1.82) is 0 Å². The Balaban J connectivity index is 1.90. The van der Waals surface area contributed by atoms with Crippen molar-refractivity contribution in [2.45, 2.75) is 18.7 Å². The molecule has 4 aromatic carbocycles. The second-order valence-electron chi connectivity index (χ2n) is 9.06. The van der Waals surface area contributed by atoms with Crippen molar-refractivity contribution in [3.8, 4) is 5.75 Å². The molecule has 0 saturated heterocycles. The van der Waals surface area contributed by atoms with E-state index in [1.165, 1.54) is 31.4 Å². The number of para-hydroxylation sites is 1. The molecule has 0 aliphatic heterocycles. The number of anilines is 2. The number of nitrogens with one attached hydrogen (secondary N) is 2. The number of sulfonamides is 1. The Hall–Kier alpha value is -4.89. The van der Waals surface area contributed by atoms with Crippen LogP contribution in [0.4, 0.5) is 11.4 Å². The molecule has 0 saturated carbocycles. The van der Waals surface area contributed by atoms with Gasteiger partial charge in [-0.15, -0.1) is 4.40 Å². The summed E-state index contributed by atoms with van der Waals surface area (Å²) >= 11 is 0. The minimum absolute atomic E-state index is 0.0525. The van der Waals surface area contributed by atoms with Crippen LogP contribution < -0.4 is 21.1 Å². The first kappa shape index (κ1) is 28.1. The van der Waals surface area contributed by atoms with Gasteiger partial charge in [0.15, 0.2) is 5.84 Å². The fraction of sp³-hybridized carbons (Fsp3) is 0.0968. The highest BCUT2D eigenvalue weighted by molar-refractivity contribution is 7.90. The molecule has 0 aliphatic rings. The van der Waals surface area contributed by atoms with Crippen molar-refractivity contribution < 1.29 is 17.9 Å². The van der Waals surface area contributed by atoms with Crippen LogP contribution in [-0.2, 0) is 14.8 Å². The number of nitrogens with two attached hydrogens (primary N) is 1. The number of nitrogens with zero attached hydrogens (tertiary/aromatic N) is 1. The highest BCUT2D eigenvalue weighted by Crippen LogP contribution is 2.23. The fourth-order valence-electron chi connectivity index (χ4n) is 3.78. The third-order valence-electron chi connectivity index (χ3n) is 6.01. The zero-order valence-corrected chi connectivity index (χ0v) is 23.2. The van der Waals surface area contributed by atoms with E-state index < -0.39 is 15.9 Å². The molecule has 0 heterocycles. The van der Waals surface area contributed by atoms with E-state index in [1.54, 1.807) is 48.5 Å². The minimum atomic E-state index is -4.28. The summed E-state index contributed by atoms with van der Waals surface area (Å²) in [5, 5.41) is 5.84. The van der Waals surface area contributed by atoms with Gasteiger partial charge in [-0.1, -0.05) is 65.7 Å². The lowest BCUT2D eigenvalue weighted by atomic mass is 10.0. The number of aryl methyl sites for hydroxylation is 2. The predicted molar refractivity (Wildman–Crippen MR) is 160 cm³/mol. The van der Waals surface area contributed by atoms with Crippen LogP contribution in [0.15, 0.2) is 118 Å². The molecule has 0 aromatic heterocycles. The van der Waals surface area contributed by atoms with Gasteiger partial charge in [0.25, 0.3) is 15.9 Å². The number of carbonyl (C=O) groups is 1. The molecular formula is C31H30N4O4S. The van der Waals surface area contributed by atoms with Crippen molar-refractivity contribution in [1.82, 2.24) is 0 Å². The lowest BCUT2D eigenvalue weighted by molar-refractivity contribution is -0.112. The number of rotatable bonds is 8. The molecule has 4 rings (SSSR count). The number of amidine groups is 1. The van der Waals surface area contributed by atoms with E-state index in [-0.39, 0.29) is 22.0 Å². The van der Waals surface area contributed by atoms with Gasteiger partial charge in [0.1, 0.15) is 11.3 Å². The summed E-state index contributed by atoms with van der Waals surface area (Å²) < 4.78 is 36.2. The largest absolute Gasteiger partial charge is 0.497 e. The van der Waals surface area contributed by atoms with Crippen LogP contribution in [-0.4, -0.2) is 27.3 Å². The number of amides is 1. The number of carbonyl (C=O) groups excluding carboxylic acids is 1. The van der Waals surface area contributed by atoms with Gasteiger partial charge < -0.3 is 21.1 Å². The smallest absolute Gasteiger partial charge is 0.284 e. The van der Waals surface area contributed by atoms with Crippen LogP contribution >= 0.6 is 0 Å². The van der Waals surface area contributed by atoms with Crippen molar-refractivity contribution in [3.05, 3.63) is 125 Å². The monoisotopic (exact) mass is 554 g/mol. The highest BCUT2D eigenvalue weighted by atomic mass is 32.2. The van der Waals surface area contributed by atoms with E-state index in [2.05, 4.69) is 15.0 Å². The van der Waals surface area contributed by atoms with Gasteiger partial charge in [-0.3, -0.25) is 4.79 Å². The van der Waals surface area contributed by atoms with Gasteiger partial charge in [-0.05, 0) is 67.9 Å². The number of benzene rings is 4. The quantitative estimate of drug-likeness (QED) is 0.150.